The summed E-state index contributed by atoms with van der Waals surface area (Å²) >= 11 is 0. The molecule has 1 aromatic heterocycles. The van der Waals surface area contributed by atoms with Crippen LogP contribution in [-0.2, 0) is 14.8 Å². The first-order valence-electron chi connectivity index (χ1n) is 10.5. The summed E-state index contributed by atoms with van der Waals surface area (Å²) in [5.74, 6) is 0.508. The van der Waals surface area contributed by atoms with E-state index in [9.17, 15) is 13.2 Å². The number of sulfonamides is 1. The lowest BCUT2D eigenvalue weighted by molar-refractivity contribution is 0.102. The maximum absolute atomic E-state index is 12.7. The Morgan fingerprint density at radius 1 is 1.10 bits per heavy atom. The minimum atomic E-state index is -3.49. The summed E-state index contributed by atoms with van der Waals surface area (Å²) in [5.41, 5.74) is 2.68. The van der Waals surface area contributed by atoms with Crippen molar-refractivity contribution in [2.75, 3.05) is 25.0 Å². The third-order valence-electron chi connectivity index (χ3n) is 5.81. The van der Waals surface area contributed by atoms with Gasteiger partial charge in [-0.3, -0.25) is 4.79 Å². The summed E-state index contributed by atoms with van der Waals surface area (Å²) in [5, 5.41) is 2.86. The third kappa shape index (κ3) is 3.96. The molecular formula is C22H24N4O4S. The minimum absolute atomic E-state index is 0.000735. The number of hydrogen-bond donors (Lipinski definition) is 2. The Hall–Kier alpha value is -2.75. The second kappa shape index (κ2) is 8.07. The van der Waals surface area contributed by atoms with Crippen LogP contribution in [0, 0.1) is 0 Å². The Morgan fingerprint density at radius 2 is 1.87 bits per heavy atom. The van der Waals surface area contributed by atoms with E-state index in [2.05, 4.69) is 15.3 Å². The molecule has 2 fully saturated rings. The largest absolute Gasteiger partial charge is 0.370 e. The first-order valence-corrected chi connectivity index (χ1v) is 12.0. The van der Waals surface area contributed by atoms with Crippen molar-refractivity contribution >= 4 is 32.7 Å². The lowest BCUT2D eigenvalue weighted by Crippen LogP contribution is -2.27. The summed E-state index contributed by atoms with van der Waals surface area (Å²) in [7, 11) is -3.49. The monoisotopic (exact) mass is 440 g/mol. The fraction of sp³-hybridized carbons (Fsp3) is 0.364. The minimum Gasteiger partial charge on any atom is -0.370 e. The van der Waals surface area contributed by atoms with Crippen LogP contribution < -0.4 is 5.32 Å². The van der Waals surface area contributed by atoms with Gasteiger partial charge in [0.1, 0.15) is 11.9 Å². The van der Waals surface area contributed by atoms with Gasteiger partial charge in [0.15, 0.2) is 0 Å². The van der Waals surface area contributed by atoms with Gasteiger partial charge in [0, 0.05) is 30.9 Å². The maximum atomic E-state index is 12.7. The molecule has 3 aromatic rings. The number of aromatic nitrogens is 2. The second-order valence-corrected chi connectivity index (χ2v) is 9.88. The van der Waals surface area contributed by atoms with Gasteiger partial charge in [0.05, 0.1) is 15.9 Å². The molecule has 0 spiro atoms. The van der Waals surface area contributed by atoms with E-state index >= 15 is 0 Å². The molecule has 0 aliphatic carbocycles. The fourth-order valence-corrected chi connectivity index (χ4v) is 5.63. The number of H-pyrrole nitrogens is 1. The summed E-state index contributed by atoms with van der Waals surface area (Å²) in [6.45, 7) is 1.85. The van der Waals surface area contributed by atoms with Crippen molar-refractivity contribution in [3.05, 3.63) is 53.9 Å². The van der Waals surface area contributed by atoms with Crippen molar-refractivity contribution in [2.45, 2.75) is 36.7 Å². The molecule has 5 rings (SSSR count). The number of fused-ring (bicyclic) bond motifs is 1. The predicted octanol–water partition coefficient (Wildman–Crippen LogP) is 3.45. The molecule has 8 nitrogen and oxygen atoms in total. The maximum Gasteiger partial charge on any atom is 0.255 e. The van der Waals surface area contributed by atoms with Crippen molar-refractivity contribution in [1.29, 1.82) is 0 Å². The topological polar surface area (TPSA) is 104 Å². The van der Waals surface area contributed by atoms with Crippen molar-refractivity contribution in [1.82, 2.24) is 14.3 Å². The van der Waals surface area contributed by atoms with E-state index in [0.29, 0.717) is 24.3 Å². The zero-order chi connectivity index (χ0) is 21.4. The quantitative estimate of drug-likeness (QED) is 0.632. The lowest BCUT2D eigenvalue weighted by atomic mass is 10.2. The molecule has 1 amide bonds. The molecule has 1 atom stereocenters. The van der Waals surface area contributed by atoms with Gasteiger partial charge < -0.3 is 15.0 Å². The first-order chi connectivity index (χ1) is 15.0. The van der Waals surface area contributed by atoms with E-state index in [1.165, 1.54) is 16.4 Å². The van der Waals surface area contributed by atoms with Gasteiger partial charge >= 0.3 is 0 Å². The zero-order valence-corrected chi connectivity index (χ0v) is 17.8. The summed E-state index contributed by atoms with van der Waals surface area (Å²) in [4.78, 5) is 20.7. The fourth-order valence-electron chi connectivity index (χ4n) is 4.11. The summed E-state index contributed by atoms with van der Waals surface area (Å²) in [6, 6.07) is 11.6. The Labute approximate surface area is 180 Å². The molecule has 2 saturated heterocycles. The molecule has 2 aliphatic rings. The van der Waals surface area contributed by atoms with Crippen molar-refractivity contribution in [3.63, 3.8) is 0 Å². The van der Waals surface area contributed by atoms with Gasteiger partial charge in [0.25, 0.3) is 5.91 Å². The number of nitrogens with zero attached hydrogens (tertiary/aromatic N) is 2. The Bertz CT molecular complexity index is 1210. The molecule has 2 N–H and O–H groups in total. The molecule has 2 aromatic carbocycles. The molecule has 1 unspecified atom stereocenters. The number of hydrogen-bond acceptors (Lipinski definition) is 5. The van der Waals surface area contributed by atoms with E-state index in [4.69, 9.17) is 4.74 Å². The molecule has 9 heteroatoms. The van der Waals surface area contributed by atoms with E-state index in [1.807, 2.05) is 12.1 Å². The number of carbonyl (C=O) groups is 1. The van der Waals surface area contributed by atoms with E-state index in [-0.39, 0.29) is 16.9 Å². The van der Waals surface area contributed by atoms with Gasteiger partial charge in [-0.15, -0.1) is 0 Å². The number of aromatic amines is 1. The van der Waals surface area contributed by atoms with Crippen LogP contribution in [0.1, 0.15) is 48.0 Å². The normalized spacial score (nSPS) is 19.8. The average Bonchev–Trinajstić information content (AvgIpc) is 3.55. The van der Waals surface area contributed by atoms with Gasteiger partial charge in [0.2, 0.25) is 10.0 Å². The van der Waals surface area contributed by atoms with Crippen molar-refractivity contribution in [2.24, 2.45) is 0 Å². The van der Waals surface area contributed by atoms with Gasteiger partial charge in [-0.05, 0) is 68.1 Å². The predicted molar refractivity (Wildman–Crippen MR) is 116 cm³/mol. The first kappa shape index (κ1) is 20.2. The van der Waals surface area contributed by atoms with Crippen LogP contribution in [0.4, 0.5) is 5.69 Å². The number of carbonyl (C=O) groups excluding carboxylic acids is 1. The standard InChI is InChI=1S/C22H24N4O4S/c27-22(15-5-8-17(9-6-15)31(28,29)26-11-1-2-12-26)23-16-7-10-18-19(14-16)25-21(24-18)20-4-3-13-30-20/h5-10,14,20H,1-4,11-13H2,(H,23,27)(H,24,25). The smallest absolute Gasteiger partial charge is 0.255 e. The van der Waals surface area contributed by atoms with Crippen LogP contribution >= 0.6 is 0 Å². The molecule has 0 radical (unpaired) electrons. The second-order valence-electron chi connectivity index (χ2n) is 7.95. The number of rotatable bonds is 5. The van der Waals surface area contributed by atoms with Crippen LogP contribution in [0.25, 0.3) is 11.0 Å². The highest BCUT2D eigenvalue weighted by Crippen LogP contribution is 2.29. The van der Waals surface area contributed by atoms with Crippen LogP contribution in [0.2, 0.25) is 0 Å². The number of anilines is 1. The van der Waals surface area contributed by atoms with E-state index in [1.54, 1.807) is 18.2 Å². The lowest BCUT2D eigenvalue weighted by Gasteiger charge is -2.15. The molecule has 0 saturated carbocycles. The highest BCUT2D eigenvalue weighted by Gasteiger charge is 2.27. The highest BCUT2D eigenvalue weighted by molar-refractivity contribution is 7.89. The Morgan fingerprint density at radius 3 is 2.58 bits per heavy atom. The van der Waals surface area contributed by atoms with Crippen LogP contribution in [0.15, 0.2) is 47.4 Å². The summed E-state index contributed by atoms with van der Waals surface area (Å²) in [6.07, 6.45) is 3.75. The highest BCUT2D eigenvalue weighted by atomic mass is 32.2. The molecule has 3 heterocycles. The van der Waals surface area contributed by atoms with Crippen molar-refractivity contribution < 1.29 is 17.9 Å². The van der Waals surface area contributed by atoms with E-state index in [0.717, 1.165) is 49.1 Å². The number of amides is 1. The van der Waals surface area contributed by atoms with Gasteiger partial charge in [-0.2, -0.15) is 4.31 Å². The molecule has 162 valence electrons. The van der Waals surface area contributed by atoms with Crippen molar-refractivity contribution in [3.8, 4) is 0 Å². The van der Waals surface area contributed by atoms with Gasteiger partial charge in [-0.1, -0.05) is 0 Å². The van der Waals surface area contributed by atoms with Gasteiger partial charge in [-0.25, -0.2) is 13.4 Å². The number of ether oxygens (including phenoxy) is 1. The molecule has 2 aliphatic heterocycles. The van der Waals surface area contributed by atoms with E-state index < -0.39 is 10.0 Å². The number of nitrogens with one attached hydrogen (secondary N) is 2. The Balaban J connectivity index is 1.30. The third-order valence-corrected chi connectivity index (χ3v) is 7.72. The number of imidazole rings is 1. The zero-order valence-electron chi connectivity index (χ0n) is 17.0. The van der Waals surface area contributed by atoms with Crippen LogP contribution in [0.5, 0.6) is 0 Å². The van der Waals surface area contributed by atoms with Crippen LogP contribution in [-0.4, -0.2) is 48.3 Å². The SMILES string of the molecule is O=C(Nc1ccc2nc(C3CCCO3)[nH]c2c1)c1ccc(S(=O)(=O)N2CCCC2)cc1. The molecule has 0 bridgehead atoms. The molecule has 31 heavy (non-hydrogen) atoms. The Kier molecular flexibility index (Phi) is 5.25. The summed E-state index contributed by atoms with van der Waals surface area (Å²) < 4.78 is 32.4. The molecular weight excluding hydrogens is 416 g/mol. The number of benzene rings is 2. The average molecular weight is 441 g/mol. The van der Waals surface area contributed by atoms with Crippen LogP contribution in [0.3, 0.4) is 0 Å².